The number of carbonyl (C=O) groups excluding carboxylic acids is 1. The van der Waals surface area contributed by atoms with Crippen LogP contribution in [0.2, 0.25) is 10.0 Å². The van der Waals surface area contributed by atoms with Crippen LogP contribution in [0.5, 0.6) is 0 Å². The minimum absolute atomic E-state index is 0.00658. The lowest BCUT2D eigenvalue weighted by molar-refractivity contribution is -0.124. The predicted molar refractivity (Wildman–Crippen MR) is 114 cm³/mol. The van der Waals surface area contributed by atoms with E-state index in [1.807, 2.05) is 6.07 Å². The summed E-state index contributed by atoms with van der Waals surface area (Å²) in [5.41, 5.74) is -0.00902. The van der Waals surface area contributed by atoms with Crippen LogP contribution < -0.4 is 4.90 Å². The van der Waals surface area contributed by atoms with Gasteiger partial charge >= 0.3 is 10.1 Å². The van der Waals surface area contributed by atoms with Crippen LogP contribution in [-0.4, -0.2) is 28.4 Å². The molecule has 1 atom stereocenters. The Kier molecular flexibility index (Phi) is 5.06. The maximum absolute atomic E-state index is 13.6. The van der Waals surface area contributed by atoms with E-state index >= 15 is 0 Å². The maximum Gasteiger partial charge on any atom is 0.312 e. The summed E-state index contributed by atoms with van der Waals surface area (Å²) in [5, 5.41) is 9.05. The van der Waals surface area contributed by atoms with E-state index in [0.717, 1.165) is 6.20 Å². The highest BCUT2D eigenvalue weighted by molar-refractivity contribution is 7.85. The number of halogens is 2. The Morgan fingerprint density at radius 2 is 1.77 bits per heavy atom. The number of fused-ring (bicyclic) bond motifs is 1. The maximum atomic E-state index is 13.6. The minimum atomic E-state index is -4.68. The van der Waals surface area contributed by atoms with Gasteiger partial charge in [0.05, 0.1) is 23.5 Å². The number of hydrogen-bond donors (Lipinski definition) is 1. The molecule has 31 heavy (non-hydrogen) atoms. The summed E-state index contributed by atoms with van der Waals surface area (Å²) in [4.78, 5) is 18.9. The van der Waals surface area contributed by atoms with Gasteiger partial charge in [0.25, 0.3) is 5.91 Å². The van der Waals surface area contributed by atoms with Crippen molar-refractivity contribution in [2.75, 3.05) is 4.90 Å². The van der Waals surface area contributed by atoms with E-state index in [1.54, 1.807) is 31.2 Å². The van der Waals surface area contributed by atoms with Gasteiger partial charge in [0.2, 0.25) is 5.95 Å². The van der Waals surface area contributed by atoms with Gasteiger partial charge in [-0.25, -0.2) is 9.88 Å². The first-order valence-corrected chi connectivity index (χ1v) is 11.1. The number of amides is 1. The van der Waals surface area contributed by atoms with Crippen LogP contribution in [-0.2, 0) is 26.9 Å². The Balaban J connectivity index is 1.91. The predicted octanol–water partition coefficient (Wildman–Crippen LogP) is 3.94. The van der Waals surface area contributed by atoms with Crippen molar-refractivity contribution in [2.24, 2.45) is 0 Å². The molecule has 0 spiro atoms. The van der Waals surface area contributed by atoms with Crippen LogP contribution in [0.4, 0.5) is 11.6 Å². The molecular weight excluding hydrogens is 463 g/mol. The summed E-state index contributed by atoms with van der Waals surface area (Å²) in [6.45, 7) is 1.56. The van der Waals surface area contributed by atoms with Gasteiger partial charge in [-0.15, -0.1) is 0 Å². The Morgan fingerprint density at radius 3 is 2.32 bits per heavy atom. The first kappa shape index (κ1) is 21.3. The monoisotopic (exact) mass is 476 g/mol. The van der Waals surface area contributed by atoms with Crippen LogP contribution in [0.3, 0.4) is 0 Å². The average molecular weight is 477 g/mol. The smallest absolute Gasteiger partial charge is 0.283 e. The molecule has 11 heteroatoms. The molecule has 0 saturated carbocycles. The number of anilines is 2. The Hall–Kier alpha value is -2.90. The highest BCUT2D eigenvalue weighted by atomic mass is 35.5. The average Bonchev–Trinajstić information content (AvgIpc) is 3.21. The van der Waals surface area contributed by atoms with Gasteiger partial charge in [-0.1, -0.05) is 35.3 Å². The van der Waals surface area contributed by atoms with Crippen molar-refractivity contribution in [3.8, 4) is 6.07 Å². The molecule has 0 bridgehead atoms. The molecule has 1 N–H and O–H groups in total. The lowest BCUT2D eigenvalue weighted by atomic mass is 9.91. The zero-order valence-corrected chi connectivity index (χ0v) is 18.3. The van der Waals surface area contributed by atoms with Gasteiger partial charge in [-0.2, -0.15) is 13.7 Å². The van der Waals surface area contributed by atoms with Gasteiger partial charge in [0, 0.05) is 16.5 Å². The Bertz CT molecular complexity index is 1340. The van der Waals surface area contributed by atoms with Crippen LogP contribution >= 0.6 is 23.2 Å². The number of carbonyl (C=O) groups is 1. The SMILES string of the molecule is C[C@@]1(Cc2ccc(C#N)cc2)C(=O)N(c2cc(Cl)cc(Cl)c2)c2ncc(S(=O)(=O)O)n21. The summed E-state index contributed by atoms with van der Waals surface area (Å²) in [6.07, 6.45) is 1.07. The topological polar surface area (TPSA) is 116 Å². The second-order valence-electron chi connectivity index (χ2n) is 7.23. The summed E-state index contributed by atoms with van der Waals surface area (Å²) in [7, 11) is -4.68. The van der Waals surface area contributed by atoms with Gasteiger partial charge in [0.15, 0.2) is 5.03 Å². The van der Waals surface area contributed by atoms with Gasteiger partial charge in [-0.3, -0.25) is 13.9 Å². The molecule has 0 fully saturated rings. The number of nitrogens with zero attached hydrogens (tertiary/aromatic N) is 4. The summed E-state index contributed by atoms with van der Waals surface area (Å²) in [5.74, 6) is -0.477. The Labute approximate surface area is 188 Å². The summed E-state index contributed by atoms with van der Waals surface area (Å²) < 4.78 is 35.0. The number of aromatic nitrogens is 2. The standard InChI is InChI=1S/C20H14Cl2N4O4S/c1-20(9-12-2-4-13(10-23)5-3-12)18(27)25(16-7-14(21)6-15(22)8-16)19-24-11-17(26(19)20)31(28,29)30/h2-8,11H,9H2,1H3,(H,28,29,30)/t20-/m1/s1. The molecule has 0 unspecified atom stereocenters. The molecule has 1 aliphatic heterocycles. The summed E-state index contributed by atoms with van der Waals surface area (Å²) in [6, 6.07) is 13.1. The molecule has 4 rings (SSSR count). The molecule has 2 aromatic carbocycles. The highest BCUT2D eigenvalue weighted by Crippen LogP contribution is 2.44. The lowest BCUT2D eigenvalue weighted by Gasteiger charge is -2.26. The van der Waals surface area contributed by atoms with Gasteiger partial charge in [0.1, 0.15) is 5.54 Å². The van der Waals surface area contributed by atoms with E-state index < -0.39 is 26.6 Å². The van der Waals surface area contributed by atoms with E-state index in [-0.39, 0.29) is 22.4 Å². The molecule has 158 valence electrons. The van der Waals surface area contributed by atoms with Gasteiger partial charge in [-0.05, 0) is 42.8 Å². The molecule has 2 heterocycles. The molecule has 8 nitrogen and oxygen atoms in total. The van der Waals surface area contributed by atoms with Crippen molar-refractivity contribution in [1.29, 1.82) is 5.26 Å². The first-order chi connectivity index (χ1) is 14.5. The lowest BCUT2D eigenvalue weighted by Crippen LogP contribution is -2.41. The molecule has 3 aromatic rings. The largest absolute Gasteiger partial charge is 0.312 e. The fourth-order valence-corrected chi connectivity index (χ4v) is 4.92. The molecule has 0 saturated heterocycles. The fraction of sp³-hybridized carbons (Fsp3) is 0.150. The van der Waals surface area contributed by atoms with Crippen molar-refractivity contribution in [3.05, 3.63) is 69.8 Å². The number of hydrogen-bond acceptors (Lipinski definition) is 5. The van der Waals surface area contributed by atoms with E-state index in [4.69, 9.17) is 28.5 Å². The molecule has 1 aromatic heterocycles. The van der Waals surface area contributed by atoms with E-state index in [2.05, 4.69) is 4.98 Å². The van der Waals surface area contributed by atoms with Crippen molar-refractivity contribution in [1.82, 2.24) is 9.55 Å². The third kappa shape index (κ3) is 3.58. The quantitative estimate of drug-likeness (QED) is 0.569. The van der Waals surface area contributed by atoms with Crippen molar-refractivity contribution < 1.29 is 17.8 Å². The summed E-state index contributed by atoms with van der Waals surface area (Å²) >= 11 is 12.2. The normalized spacial score (nSPS) is 18.2. The van der Waals surface area contributed by atoms with Crippen LogP contribution in [0.15, 0.2) is 53.7 Å². The van der Waals surface area contributed by atoms with Crippen LogP contribution in [0.25, 0.3) is 0 Å². The number of imidazole rings is 1. The van der Waals surface area contributed by atoms with Crippen molar-refractivity contribution >= 4 is 50.9 Å². The van der Waals surface area contributed by atoms with E-state index in [0.29, 0.717) is 16.8 Å². The first-order valence-electron chi connectivity index (χ1n) is 8.90. The van der Waals surface area contributed by atoms with Gasteiger partial charge < -0.3 is 0 Å². The molecule has 0 radical (unpaired) electrons. The van der Waals surface area contributed by atoms with Crippen LogP contribution in [0.1, 0.15) is 18.1 Å². The fourth-order valence-electron chi connectivity index (χ4n) is 3.71. The molecule has 1 amide bonds. The van der Waals surface area contributed by atoms with Crippen molar-refractivity contribution in [2.45, 2.75) is 23.9 Å². The highest BCUT2D eigenvalue weighted by Gasteiger charge is 2.51. The van der Waals surface area contributed by atoms with Crippen LogP contribution in [0, 0.1) is 11.3 Å². The molecule has 1 aliphatic rings. The minimum Gasteiger partial charge on any atom is -0.283 e. The Morgan fingerprint density at radius 1 is 1.16 bits per heavy atom. The molecule has 0 aliphatic carbocycles. The third-order valence-electron chi connectivity index (χ3n) is 5.07. The van der Waals surface area contributed by atoms with E-state index in [9.17, 15) is 17.8 Å². The second-order valence-corrected chi connectivity index (χ2v) is 9.48. The zero-order chi connectivity index (χ0) is 22.6. The van der Waals surface area contributed by atoms with E-state index in [1.165, 1.54) is 27.7 Å². The van der Waals surface area contributed by atoms with Crippen molar-refractivity contribution in [3.63, 3.8) is 0 Å². The second kappa shape index (κ2) is 7.35. The number of nitriles is 1. The molecular formula is C20H14Cl2N4O4S. The number of rotatable bonds is 4. The third-order valence-corrected chi connectivity index (χ3v) is 6.32. The number of benzene rings is 2. The zero-order valence-electron chi connectivity index (χ0n) is 16.0.